The zero-order valence-electron chi connectivity index (χ0n) is 19.4. The standard InChI is InChI=1S/C27H23N3O5S/c1-33-25(31)15-24-26(32)29-27(36-24)30-28-16-21-12-22(34-17-19-8-4-2-5-9-19)14-23(13-21)35-18-20-10-6-3-7-11-20/h2-16H,17-18H2,1H3,(H,29,30,32)/b24-15+,28-16?. The fraction of sp³-hybridized carbons (Fsp3) is 0.111. The van der Waals surface area contributed by atoms with Crippen molar-refractivity contribution in [2.24, 2.45) is 10.2 Å². The molecule has 0 atom stereocenters. The Hall–Kier alpha value is -4.37. The Morgan fingerprint density at radius 2 is 1.50 bits per heavy atom. The number of nitrogens with zero attached hydrogens (tertiary/aromatic N) is 2. The van der Waals surface area contributed by atoms with E-state index in [2.05, 4.69) is 20.3 Å². The van der Waals surface area contributed by atoms with Gasteiger partial charge in [0.05, 0.1) is 18.2 Å². The van der Waals surface area contributed by atoms with E-state index in [1.54, 1.807) is 0 Å². The van der Waals surface area contributed by atoms with Gasteiger partial charge in [-0.15, -0.1) is 5.10 Å². The number of nitrogens with one attached hydrogen (secondary N) is 1. The molecule has 36 heavy (non-hydrogen) atoms. The Morgan fingerprint density at radius 3 is 2.06 bits per heavy atom. The molecular weight excluding hydrogens is 478 g/mol. The molecule has 4 rings (SSSR count). The number of methoxy groups -OCH3 is 1. The topological polar surface area (TPSA) is 98.6 Å². The number of amides is 1. The fourth-order valence-corrected chi connectivity index (χ4v) is 3.84. The maximum absolute atomic E-state index is 12.0. The molecule has 1 saturated heterocycles. The molecule has 1 N–H and O–H groups in total. The molecule has 0 aliphatic carbocycles. The van der Waals surface area contributed by atoms with Crippen LogP contribution in [0, 0.1) is 0 Å². The molecule has 3 aromatic carbocycles. The zero-order valence-corrected chi connectivity index (χ0v) is 20.2. The summed E-state index contributed by atoms with van der Waals surface area (Å²) >= 11 is 1.00. The molecule has 182 valence electrons. The van der Waals surface area contributed by atoms with Gasteiger partial charge in [-0.3, -0.25) is 10.1 Å². The Labute approximate surface area is 212 Å². The van der Waals surface area contributed by atoms with Gasteiger partial charge in [-0.05, 0) is 35.0 Å². The second kappa shape index (κ2) is 12.4. The third-order valence-corrected chi connectivity index (χ3v) is 5.76. The first-order valence-electron chi connectivity index (χ1n) is 11.0. The number of benzene rings is 3. The van der Waals surface area contributed by atoms with Crippen molar-refractivity contribution in [3.63, 3.8) is 0 Å². The monoisotopic (exact) mass is 501 g/mol. The van der Waals surface area contributed by atoms with E-state index < -0.39 is 11.9 Å². The first-order valence-corrected chi connectivity index (χ1v) is 11.8. The summed E-state index contributed by atoms with van der Waals surface area (Å²) in [6, 6.07) is 25.2. The van der Waals surface area contributed by atoms with Crippen LogP contribution in [0.2, 0.25) is 0 Å². The van der Waals surface area contributed by atoms with Gasteiger partial charge < -0.3 is 14.2 Å². The number of carbonyl (C=O) groups excluding carboxylic acids is 2. The lowest BCUT2D eigenvalue weighted by Gasteiger charge is -2.11. The van der Waals surface area contributed by atoms with Crippen LogP contribution < -0.4 is 14.8 Å². The molecular formula is C27H23N3O5S. The molecule has 0 saturated carbocycles. The van der Waals surface area contributed by atoms with Crippen molar-refractivity contribution in [2.75, 3.05) is 7.11 Å². The highest BCUT2D eigenvalue weighted by atomic mass is 32.2. The van der Waals surface area contributed by atoms with Crippen molar-refractivity contribution >= 4 is 35.0 Å². The van der Waals surface area contributed by atoms with Crippen LogP contribution in [-0.4, -0.2) is 30.4 Å². The van der Waals surface area contributed by atoms with Gasteiger partial charge in [0.2, 0.25) is 0 Å². The van der Waals surface area contributed by atoms with Gasteiger partial charge in [-0.1, -0.05) is 60.7 Å². The van der Waals surface area contributed by atoms with Crippen LogP contribution in [0.3, 0.4) is 0 Å². The van der Waals surface area contributed by atoms with Crippen molar-refractivity contribution in [1.29, 1.82) is 0 Å². The van der Waals surface area contributed by atoms with Crippen LogP contribution in [0.5, 0.6) is 11.5 Å². The van der Waals surface area contributed by atoms with E-state index in [0.29, 0.717) is 30.3 Å². The number of carbonyl (C=O) groups is 2. The van der Waals surface area contributed by atoms with Crippen molar-refractivity contribution < 1.29 is 23.8 Å². The maximum Gasteiger partial charge on any atom is 0.331 e. The number of hydrogen-bond donors (Lipinski definition) is 1. The van der Waals surface area contributed by atoms with Gasteiger partial charge in [0, 0.05) is 17.7 Å². The number of thioether (sulfide) groups is 1. The first kappa shape index (κ1) is 24.7. The van der Waals surface area contributed by atoms with Gasteiger partial charge in [-0.25, -0.2) is 4.79 Å². The molecule has 0 radical (unpaired) electrons. The SMILES string of the molecule is COC(=O)/C=C1/S/C(=N\N=Cc2cc(OCc3ccccc3)cc(OCc3ccccc3)c2)NC1=O. The van der Waals surface area contributed by atoms with Crippen molar-refractivity contribution in [3.8, 4) is 11.5 Å². The molecule has 1 heterocycles. The summed E-state index contributed by atoms with van der Waals surface area (Å²) in [5, 5.41) is 10.9. The van der Waals surface area contributed by atoms with Crippen LogP contribution in [0.15, 0.2) is 100 Å². The second-order valence-corrected chi connectivity index (χ2v) is 8.55. The third-order valence-electron chi connectivity index (χ3n) is 4.86. The van der Waals surface area contributed by atoms with Crippen LogP contribution in [0.25, 0.3) is 0 Å². The molecule has 9 heteroatoms. The van der Waals surface area contributed by atoms with Crippen LogP contribution in [0.4, 0.5) is 0 Å². The van der Waals surface area contributed by atoms with Gasteiger partial charge in [0.25, 0.3) is 5.91 Å². The van der Waals surface area contributed by atoms with Gasteiger partial charge in [0.1, 0.15) is 24.7 Å². The van der Waals surface area contributed by atoms with Crippen LogP contribution >= 0.6 is 11.8 Å². The average Bonchev–Trinajstić information content (AvgIpc) is 3.25. The number of ether oxygens (including phenoxy) is 3. The summed E-state index contributed by atoms with van der Waals surface area (Å²) in [6.45, 7) is 0.805. The molecule has 8 nitrogen and oxygen atoms in total. The van der Waals surface area contributed by atoms with E-state index in [1.165, 1.54) is 13.3 Å². The lowest BCUT2D eigenvalue weighted by Crippen LogP contribution is -2.19. The van der Waals surface area contributed by atoms with E-state index in [1.807, 2.05) is 78.9 Å². The van der Waals surface area contributed by atoms with E-state index in [0.717, 1.165) is 29.0 Å². The maximum atomic E-state index is 12.0. The largest absolute Gasteiger partial charge is 0.489 e. The van der Waals surface area contributed by atoms with Gasteiger partial charge >= 0.3 is 5.97 Å². The van der Waals surface area contributed by atoms with Gasteiger partial charge in [0.15, 0.2) is 5.17 Å². The minimum atomic E-state index is -0.618. The molecule has 0 bridgehead atoms. The molecule has 1 amide bonds. The smallest absolute Gasteiger partial charge is 0.331 e. The predicted molar refractivity (Wildman–Crippen MR) is 139 cm³/mol. The fourth-order valence-electron chi connectivity index (χ4n) is 3.11. The molecule has 3 aromatic rings. The van der Waals surface area contributed by atoms with E-state index in [-0.39, 0.29) is 10.1 Å². The van der Waals surface area contributed by atoms with Crippen molar-refractivity contribution in [3.05, 3.63) is 107 Å². The molecule has 1 aliphatic heterocycles. The highest BCUT2D eigenvalue weighted by Crippen LogP contribution is 2.25. The first-order chi connectivity index (χ1) is 17.6. The molecule has 0 unspecified atom stereocenters. The highest BCUT2D eigenvalue weighted by molar-refractivity contribution is 8.18. The van der Waals surface area contributed by atoms with Crippen LogP contribution in [0.1, 0.15) is 16.7 Å². The number of amidine groups is 1. The van der Waals surface area contributed by atoms with E-state index >= 15 is 0 Å². The lowest BCUT2D eigenvalue weighted by molar-refractivity contribution is -0.135. The summed E-state index contributed by atoms with van der Waals surface area (Å²) in [6.07, 6.45) is 2.64. The van der Waals surface area contributed by atoms with E-state index in [4.69, 9.17) is 9.47 Å². The Balaban J connectivity index is 1.49. The summed E-state index contributed by atoms with van der Waals surface area (Å²) in [5.41, 5.74) is 2.78. The summed E-state index contributed by atoms with van der Waals surface area (Å²) in [5.74, 6) is 0.177. The average molecular weight is 502 g/mol. The van der Waals surface area contributed by atoms with Gasteiger partial charge in [-0.2, -0.15) is 5.10 Å². The second-order valence-electron chi connectivity index (χ2n) is 7.52. The molecule has 1 aliphatic rings. The van der Waals surface area contributed by atoms with Crippen molar-refractivity contribution in [2.45, 2.75) is 13.2 Å². The quantitative estimate of drug-likeness (QED) is 0.201. The lowest BCUT2D eigenvalue weighted by atomic mass is 10.2. The number of rotatable bonds is 9. The normalized spacial score (nSPS) is 15.3. The number of hydrogen-bond acceptors (Lipinski definition) is 8. The van der Waals surface area contributed by atoms with Crippen LogP contribution in [-0.2, 0) is 27.5 Å². The Morgan fingerprint density at radius 1 is 0.917 bits per heavy atom. The molecule has 1 fully saturated rings. The minimum Gasteiger partial charge on any atom is -0.489 e. The minimum absolute atomic E-state index is 0.184. The highest BCUT2D eigenvalue weighted by Gasteiger charge is 2.25. The molecule has 0 aromatic heterocycles. The molecule has 0 spiro atoms. The summed E-state index contributed by atoms with van der Waals surface area (Å²) < 4.78 is 16.5. The Kier molecular flexibility index (Phi) is 8.50. The number of esters is 1. The predicted octanol–water partition coefficient (Wildman–Crippen LogP) is 4.45. The Bertz CT molecular complexity index is 1250. The van der Waals surface area contributed by atoms with Crippen molar-refractivity contribution in [1.82, 2.24) is 5.32 Å². The van der Waals surface area contributed by atoms with E-state index in [9.17, 15) is 9.59 Å². The summed E-state index contributed by atoms with van der Waals surface area (Å²) in [4.78, 5) is 23.5. The zero-order chi connectivity index (χ0) is 25.2. The summed E-state index contributed by atoms with van der Waals surface area (Å²) in [7, 11) is 1.24. The third kappa shape index (κ3) is 7.31.